The van der Waals surface area contributed by atoms with Crippen LogP contribution in [0.2, 0.25) is 0 Å². The summed E-state index contributed by atoms with van der Waals surface area (Å²) in [4.78, 5) is 20.6. The fraction of sp³-hybridized carbons (Fsp3) is 0.316. The Hall–Kier alpha value is -2.94. The maximum absolute atomic E-state index is 12.2. The van der Waals surface area contributed by atoms with E-state index < -0.39 is 15.7 Å². The van der Waals surface area contributed by atoms with E-state index in [1.54, 1.807) is 6.20 Å². The highest BCUT2D eigenvalue weighted by Crippen LogP contribution is 2.23. The second-order valence-corrected chi connectivity index (χ2v) is 8.95. The minimum Gasteiger partial charge on any atom is -0.482 e. The largest absolute Gasteiger partial charge is 0.482 e. The standard InChI is InChI=1S/C19H19N3O5S/c23-19(21-9-13-6-8-28(24,25)12-13)15-10-27-17(22-15)11-26-16-5-1-3-14-4-2-7-20-18(14)16/h1-5,7,10,13H,6,8-9,11-12H2,(H,21,23). The number of sulfone groups is 1. The summed E-state index contributed by atoms with van der Waals surface area (Å²) < 4.78 is 34.0. The fourth-order valence-electron chi connectivity index (χ4n) is 3.17. The topological polar surface area (TPSA) is 111 Å². The number of carbonyl (C=O) groups is 1. The molecule has 1 N–H and O–H groups in total. The van der Waals surface area contributed by atoms with Gasteiger partial charge >= 0.3 is 0 Å². The predicted octanol–water partition coefficient (Wildman–Crippen LogP) is 1.97. The van der Waals surface area contributed by atoms with Gasteiger partial charge in [-0.15, -0.1) is 0 Å². The van der Waals surface area contributed by atoms with Crippen molar-refractivity contribution < 1.29 is 22.4 Å². The van der Waals surface area contributed by atoms with E-state index in [1.165, 1.54) is 6.26 Å². The summed E-state index contributed by atoms with van der Waals surface area (Å²) >= 11 is 0. The molecule has 0 saturated carbocycles. The van der Waals surface area contributed by atoms with Crippen LogP contribution in [-0.4, -0.2) is 42.3 Å². The molecule has 1 saturated heterocycles. The Morgan fingerprint density at radius 1 is 1.29 bits per heavy atom. The van der Waals surface area contributed by atoms with Crippen LogP contribution in [-0.2, 0) is 16.4 Å². The minimum absolute atomic E-state index is 0.0532. The van der Waals surface area contributed by atoms with Gasteiger partial charge < -0.3 is 14.5 Å². The normalized spacial score (nSPS) is 18.2. The zero-order chi connectivity index (χ0) is 19.6. The summed E-state index contributed by atoms with van der Waals surface area (Å²) in [6.45, 7) is 0.363. The van der Waals surface area contributed by atoms with E-state index in [-0.39, 0.29) is 35.6 Å². The molecule has 0 spiro atoms. The lowest BCUT2D eigenvalue weighted by Gasteiger charge is -2.08. The lowest BCUT2D eigenvalue weighted by atomic mass is 10.1. The number of hydrogen-bond donors (Lipinski definition) is 1. The number of nitrogens with one attached hydrogen (secondary N) is 1. The number of para-hydroxylation sites is 1. The van der Waals surface area contributed by atoms with Gasteiger partial charge in [0.2, 0.25) is 5.89 Å². The molecule has 1 atom stereocenters. The lowest BCUT2D eigenvalue weighted by Crippen LogP contribution is -2.30. The van der Waals surface area contributed by atoms with Crippen molar-refractivity contribution >= 4 is 26.6 Å². The van der Waals surface area contributed by atoms with E-state index in [9.17, 15) is 13.2 Å². The Bertz CT molecular complexity index is 1100. The summed E-state index contributed by atoms with van der Waals surface area (Å²) in [5.41, 5.74) is 0.872. The molecule has 1 fully saturated rings. The van der Waals surface area contributed by atoms with Gasteiger partial charge in [-0.25, -0.2) is 13.4 Å². The molecule has 1 unspecified atom stereocenters. The Morgan fingerprint density at radius 2 is 2.14 bits per heavy atom. The first-order chi connectivity index (χ1) is 13.5. The molecule has 1 aromatic carbocycles. The highest BCUT2D eigenvalue weighted by Gasteiger charge is 2.28. The van der Waals surface area contributed by atoms with Crippen molar-refractivity contribution in [3.8, 4) is 5.75 Å². The first-order valence-corrected chi connectivity index (χ1v) is 10.7. The average Bonchev–Trinajstić information content (AvgIpc) is 3.30. The number of pyridine rings is 1. The van der Waals surface area contributed by atoms with Gasteiger partial charge in [0, 0.05) is 18.1 Å². The Labute approximate surface area is 161 Å². The molecule has 0 aliphatic carbocycles. The zero-order valence-corrected chi connectivity index (χ0v) is 15.8. The van der Waals surface area contributed by atoms with E-state index in [4.69, 9.17) is 9.15 Å². The van der Waals surface area contributed by atoms with Gasteiger partial charge in [0.15, 0.2) is 22.1 Å². The monoisotopic (exact) mass is 401 g/mol. The van der Waals surface area contributed by atoms with Crippen molar-refractivity contribution in [3.05, 3.63) is 54.4 Å². The fourth-order valence-corrected chi connectivity index (χ4v) is 5.04. The number of benzene rings is 1. The highest BCUT2D eigenvalue weighted by atomic mass is 32.2. The molecule has 3 heterocycles. The predicted molar refractivity (Wildman–Crippen MR) is 102 cm³/mol. The quantitative estimate of drug-likeness (QED) is 0.672. The Kier molecular flexibility index (Phi) is 4.99. The van der Waals surface area contributed by atoms with Crippen molar-refractivity contribution in [1.29, 1.82) is 0 Å². The third kappa shape index (κ3) is 4.14. The molecule has 28 heavy (non-hydrogen) atoms. The lowest BCUT2D eigenvalue weighted by molar-refractivity contribution is 0.0943. The number of carbonyl (C=O) groups excluding carboxylic acids is 1. The van der Waals surface area contributed by atoms with Crippen LogP contribution in [0.4, 0.5) is 0 Å². The third-order valence-electron chi connectivity index (χ3n) is 4.61. The molecule has 1 amide bonds. The average molecular weight is 401 g/mol. The van der Waals surface area contributed by atoms with Gasteiger partial charge in [0.05, 0.1) is 11.5 Å². The van der Waals surface area contributed by atoms with Gasteiger partial charge in [0.25, 0.3) is 5.91 Å². The molecular weight excluding hydrogens is 382 g/mol. The van der Waals surface area contributed by atoms with Crippen molar-refractivity contribution in [2.24, 2.45) is 5.92 Å². The number of ether oxygens (including phenoxy) is 1. The summed E-state index contributed by atoms with van der Waals surface area (Å²) in [5, 5.41) is 3.67. The number of amides is 1. The first-order valence-electron chi connectivity index (χ1n) is 8.90. The van der Waals surface area contributed by atoms with Gasteiger partial charge in [-0.05, 0) is 24.5 Å². The number of nitrogens with zero attached hydrogens (tertiary/aromatic N) is 2. The molecule has 1 aliphatic heterocycles. The molecule has 4 rings (SSSR count). The van der Waals surface area contributed by atoms with Crippen LogP contribution < -0.4 is 10.1 Å². The second-order valence-electron chi connectivity index (χ2n) is 6.73. The number of aromatic nitrogens is 2. The van der Waals surface area contributed by atoms with Crippen LogP contribution in [0, 0.1) is 5.92 Å². The molecule has 8 nitrogen and oxygen atoms in total. The van der Waals surface area contributed by atoms with Crippen LogP contribution in [0.25, 0.3) is 10.9 Å². The van der Waals surface area contributed by atoms with Crippen LogP contribution >= 0.6 is 0 Å². The maximum Gasteiger partial charge on any atom is 0.273 e. The molecule has 2 aromatic heterocycles. The summed E-state index contributed by atoms with van der Waals surface area (Å²) in [7, 11) is -2.96. The first kappa shape index (κ1) is 18.4. The minimum atomic E-state index is -2.96. The molecule has 9 heteroatoms. The maximum atomic E-state index is 12.2. The van der Waals surface area contributed by atoms with Crippen molar-refractivity contribution in [3.63, 3.8) is 0 Å². The summed E-state index contributed by atoms with van der Waals surface area (Å²) in [6.07, 6.45) is 3.53. The van der Waals surface area contributed by atoms with Gasteiger partial charge in [-0.3, -0.25) is 9.78 Å². The molecular formula is C19H19N3O5S. The number of rotatable bonds is 6. The third-order valence-corrected chi connectivity index (χ3v) is 6.45. The van der Waals surface area contributed by atoms with Crippen LogP contribution in [0.3, 0.4) is 0 Å². The molecule has 0 bridgehead atoms. The smallest absolute Gasteiger partial charge is 0.273 e. The highest BCUT2D eigenvalue weighted by molar-refractivity contribution is 7.91. The van der Waals surface area contributed by atoms with E-state index in [2.05, 4.69) is 15.3 Å². The van der Waals surface area contributed by atoms with Gasteiger partial charge in [-0.1, -0.05) is 18.2 Å². The van der Waals surface area contributed by atoms with Crippen molar-refractivity contribution in [2.75, 3.05) is 18.1 Å². The molecule has 0 radical (unpaired) electrons. The molecule has 146 valence electrons. The van der Waals surface area contributed by atoms with Crippen molar-refractivity contribution in [2.45, 2.75) is 13.0 Å². The Balaban J connectivity index is 1.34. The summed E-state index contributed by atoms with van der Waals surface area (Å²) in [6, 6.07) is 9.42. The van der Waals surface area contributed by atoms with Crippen molar-refractivity contribution in [1.82, 2.24) is 15.3 Å². The van der Waals surface area contributed by atoms with E-state index in [0.29, 0.717) is 18.7 Å². The van der Waals surface area contributed by atoms with Gasteiger partial charge in [0.1, 0.15) is 17.5 Å². The van der Waals surface area contributed by atoms with Gasteiger partial charge in [-0.2, -0.15) is 0 Å². The van der Waals surface area contributed by atoms with Crippen LogP contribution in [0.1, 0.15) is 22.8 Å². The number of fused-ring (bicyclic) bond motifs is 1. The Morgan fingerprint density at radius 3 is 2.96 bits per heavy atom. The van der Waals surface area contributed by atoms with E-state index in [0.717, 1.165) is 10.9 Å². The molecule has 1 aliphatic rings. The second kappa shape index (κ2) is 7.59. The van der Waals surface area contributed by atoms with Crippen LogP contribution in [0.15, 0.2) is 47.2 Å². The van der Waals surface area contributed by atoms with Crippen LogP contribution in [0.5, 0.6) is 5.75 Å². The zero-order valence-electron chi connectivity index (χ0n) is 15.0. The number of oxazole rings is 1. The SMILES string of the molecule is O=C(NCC1CCS(=O)(=O)C1)c1coc(COc2cccc3cccnc23)n1. The summed E-state index contributed by atoms with van der Waals surface area (Å²) in [5.74, 6) is 0.714. The molecule has 3 aromatic rings. The van der Waals surface area contributed by atoms with E-state index in [1.807, 2.05) is 30.3 Å². The number of hydrogen-bond acceptors (Lipinski definition) is 7. The van der Waals surface area contributed by atoms with E-state index >= 15 is 0 Å².